The Balaban J connectivity index is 1.43. The summed E-state index contributed by atoms with van der Waals surface area (Å²) >= 11 is 0. The van der Waals surface area contributed by atoms with Crippen molar-refractivity contribution in [3.63, 3.8) is 0 Å². The van der Waals surface area contributed by atoms with Crippen LogP contribution in [0.3, 0.4) is 0 Å². The van der Waals surface area contributed by atoms with E-state index in [-0.39, 0.29) is 29.5 Å². The van der Waals surface area contributed by atoms with Gasteiger partial charge in [0.2, 0.25) is 5.91 Å². The van der Waals surface area contributed by atoms with Gasteiger partial charge in [-0.25, -0.2) is 0 Å². The molecule has 3 atom stereocenters. The molecule has 1 saturated carbocycles. The van der Waals surface area contributed by atoms with Crippen molar-refractivity contribution in [1.29, 1.82) is 0 Å². The van der Waals surface area contributed by atoms with Gasteiger partial charge in [-0.3, -0.25) is 9.48 Å². The van der Waals surface area contributed by atoms with E-state index in [1.165, 1.54) is 0 Å². The maximum absolute atomic E-state index is 12.6. The number of hydrogen-bond acceptors (Lipinski definition) is 3. The van der Waals surface area contributed by atoms with Crippen molar-refractivity contribution in [2.75, 3.05) is 0 Å². The average Bonchev–Trinajstić information content (AvgIpc) is 3.29. The van der Waals surface area contributed by atoms with E-state index in [2.05, 4.69) is 15.2 Å². The third-order valence-corrected chi connectivity index (χ3v) is 5.25. The van der Waals surface area contributed by atoms with Crippen molar-refractivity contribution in [1.82, 2.24) is 15.1 Å². The number of halogens is 2. The molecular formula is C19H21F2N3O2. The lowest BCUT2D eigenvalue weighted by atomic mass is 9.87. The van der Waals surface area contributed by atoms with Crippen LogP contribution in [0, 0.1) is 5.92 Å². The minimum Gasteiger partial charge on any atom is -0.435 e. The summed E-state index contributed by atoms with van der Waals surface area (Å²) in [7, 11) is 1.87. The van der Waals surface area contributed by atoms with Crippen molar-refractivity contribution >= 4 is 5.91 Å². The third-order valence-electron chi connectivity index (χ3n) is 5.25. The molecule has 0 aliphatic heterocycles. The van der Waals surface area contributed by atoms with Crippen LogP contribution in [0.15, 0.2) is 30.6 Å². The Hall–Kier alpha value is -2.44. The summed E-state index contributed by atoms with van der Waals surface area (Å²) in [5, 5.41) is 7.31. The molecule has 0 bridgehead atoms. The number of aromatic nitrogens is 2. The summed E-state index contributed by atoms with van der Waals surface area (Å²) in [6.45, 7) is -2.83. The predicted octanol–water partition coefficient (Wildman–Crippen LogP) is 3.32. The fourth-order valence-corrected chi connectivity index (χ4v) is 3.88. The number of fused-ring (bicyclic) bond motifs is 1. The molecule has 1 fully saturated rings. The highest BCUT2D eigenvalue weighted by atomic mass is 19.3. The highest BCUT2D eigenvalue weighted by molar-refractivity contribution is 5.83. The molecule has 0 radical (unpaired) electrons. The molecule has 2 aromatic rings. The van der Waals surface area contributed by atoms with Gasteiger partial charge in [-0.1, -0.05) is 6.07 Å². The molecule has 0 saturated heterocycles. The van der Waals surface area contributed by atoms with E-state index in [9.17, 15) is 13.6 Å². The van der Waals surface area contributed by atoms with E-state index in [4.69, 9.17) is 0 Å². The SMILES string of the molecule is Cn1cc([C@@H]2C[C@@H]2C(=O)N[C@@H]2CCCc3cc(OC(F)F)ccc32)cn1. The van der Waals surface area contributed by atoms with Crippen LogP contribution in [-0.2, 0) is 18.3 Å². The predicted molar refractivity (Wildman–Crippen MR) is 91.0 cm³/mol. The Bertz CT molecular complexity index is 821. The van der Waals surface area contributed by atoms with Crippen LogP contribution in [-0.4, -0.2) is 22.3 Å². The van der Waals surface area contributed by atoms with Crippen molar-refractivity contribution in [2.45, 2.75) is 44.3 Å². The highest BCUT2D eigenvalue weighted by Gasteiger charge is 2.45. The van der Waals surface area contributed by atoms with Crippen LogP contribution in [0.25, 0.3) is 0 Å². The molecule has 138 valence electrons. The number of nitrogens with zero attached hydrogens (tertiary/aromatic N) is 2. The first-order chi connectivity index (χ1) is 12.5. The molecule has 1 amide bonds. The Morgan fingerprint density at radius 1 is 1.42 bits per heavy atom. The molecular weight excluding hydrogens is 340 g/mol. The molecule has 2 aliphatic carbocycles. The average molecular weight is 361 g/mol. The molecule has 0 spiro atoms. The Kier molecular flexibility index (Phi) is 4.38. The van der Waals surface area contributed by atoms with Crippen LogP contribution in [0.2, 0.25) is 0 Å². The summed E-state index contributed by atoms with van der Waals surface area (Å²) in [6, 6.07) is 4.94. The zero-order valence-corrected chi connectivity index (χ0v) is 14.5. The highest BCUT2D eigenvalue weighted by Crippen LogP contribution is 2.48. The Labute approximate surface area is 150 Å². The van der Waals surface area contributed by atoms with Gasteiger partial charge in [-0.15, -0.1) is 0 Å². The zero-order chi connectivity index (χ0) is 18.3. The lowest BCUT2D eigenvalue weighted by molar-refractivity contribution is -0.123. The minimum absolute atomic E-state index is 0.00832. The number of rotatable bonds is 5. The van der Waals surface area contributed by atoms with E-state index in [0.29, 0.717) is 0 Å². The number of carbonyl (C=O) groups is 1. The largest absolute Gasteiger partial charge is 0.435 e. The summed E-state index contributed by atoms with van der Waals surface area (Å²) in [6.07, 6.45) is 7.20. The number of alkyl halides is 2. The summed E-state index contributed by atoms with van der Waals surface area (Å²) in [4.78, 5) is 12.6. The van der Waals surface area contributed by atoms with Gasteiger partial charge in [0.25, 0.3) is 0 Å². The molecule has 2 aliphatic rings. The van der Waals surface area contributed by atoms with E-state index in [1.807, 2.05) is 19.4 Å². The quantitative estimate of drug-likeness (QED) is 0.889. The van der Waals surface area contributed by atoms with E-state index in [0.717, 1.165) is 42.4 Å². The topological polar surface area (TPSA) is 56.2 Å². The summed E-state index contributed by atoms with van der Waals surface area (Å²) in [5.41, 5.74) is 3.08. The van der Waals surface area contributed by atoms with Crippen LogP contribution >= 0.6 is 0 Å². The van der Waals surface area contributed by atoms with Gasteiger partial charge in [-0.2, -0.15) is 13.9 Å². The molecule has 0 unspecified atom stereocenters. The first-order valence-corrected chi connectivity index (χ1v) is 8.88. The fourth-order valence-electron chi connectivity index (χ4n) is 3.88. The second kappa shape index (κ2) is 6.70. The number of aryl methyl sites for hydroxylation is 2. The van der Waals surface area contributed by atoms with Crippen LogP contribution in [0.1, 0.15) is 47.9 Å². The van der Waals surface area contributed by atoms with Crippen LogP contribution in [0.5, 0.6) is 5.75 Å². The van der Waals surface area contributed by atoms with Crippen LogP contribution < -0.4 is 10.1 Å². The Morgan fingerprint density at radius 3 is 3.00 bits per heavy atom. The lowest BCUT2D eigenvalue weighted by Crippen LogP contribution is -2.32. The number of ether oxygens (including phenoxy) is 1. The van der Waals surface area contributed by atoms with Gasteiger partial charge in [-0.05, 0) is 60.4 Å². The van der Waals surface area contributed by atoms with Gasteiger partial charge in [0, 0.05) is 19.2 Å². The van der Waals surface area contributed by atoms with Gasteiger partial charge in [0.1, 0.15) is 5.75 Å². The fraction of sp³-hybridized carbons (Fsp3) is 0.474. The molecule has 1 N–H and O–H groups in total. The Morgan fingerprint density at radius 2 is 2.27 bits per heavy atom. The molecule has 5 nitrogen and oxygen atoms in total. The summed E-state index contributed by atoms with van der Waals surface area (Å²) in [5.74, 6) is 0.466. The van der Waals surface area contributed by atoms with Gasteiger partial charge in [0.05, 0.1) is 12.2 Å². The molecule has 7 heteroatoms. The van der Waals surface area contributed by atoms with Crippen molar-refractivity contribution in [2.24, 2.45) is 13.0 Å². The first kappa shape index (κ1) is 17.0. The second-order valence-corrected chi connectivity index (χ2v) is 7.09. The maximum atomic E-state index is 12.6. The van der Waals surface area contributed by atoms with E-state index in [1.54, 1.807) is 22.9 Å². The number of nitrogens with one attached hydrogen (secondary N) is 1. The van der Waals surface area contributed by atoms with Gasteiger partial charge >= 0.3 is 6.61 Å². The van der Waals surface area contributed by atoms with E-state index < -0.39 is 6.61 Å². The molecule has 1 aromatic heterocycles. The van der Waals surface area contributed by atoms with Crippen molar-refractivity contribution in [3.05, 3.63) is 47.3 Å². The molecule has 1 heterocycles. The third kappa shape index (κ3) is 3.43. The van der Waals surface area contributed by atoms with E-state index >= 15 is 0 Å². The summed E-state index contributed by atoms with van der Waals surface area (Å²) < 4.78 is 31.0. The number of amides is 1. The monoisotopic (exact) mass is 361 g/mol. The van der Waals surface area contributed by atoms with Crippen molar-refractivity contribution in [3.8, 4) is 5.75 Å². The number of carbonyl (C=O) groups excluding carboxylic acids is 1. The van der Waals surface area contributed by atoms with Crippen LogP contribution in [0.4, 0.5) is 8.78 Å². The zero-order valence-electron chi connectivity index (χ0n) is 14.5. The number of benzene rings is 1. The van der Waals surface area contributed by atoms with Gasteiger partial charge in [0.15, 0.2) is 0 Å². The molecule has 4 rings (SSSR count). The maximum Gasteiger partial charge on any atom is 0.387 e. The first-order valence-electron chi connectivity index (χ1n) is 8.88. The molecule has 1 aromatic carbocycles. The second-order valence-electron chi connectivity index (χ2n) is 7.09. The smallest absolute Gasteiger partial charge is 0.387 e. The number of hydrogen-bond donors (Lipinski definition) is 1. The standard InChI is InChI=1S/C19H21F2N3O2/c1-24-10-12(9-22-24)15-8-16(15)18(25)23-17-4-2-3-11-7-13(26-19(20)21)5-6-14(11)17/h5-7,9-10,15-17,19H,2-4,8H2,1H3,(H,23,25)/t15-,16-,17+/m0/s1. The lowest BCUT2D eigenvalue weighted by Gasteiger charge is -2.27. The molecule has 26 heavy (non-hydrogen) atoms. The minimum atomic E-state index is -2.83. The van der Waals surface area contributed by atoms with Gasteiger partial charge < -0.3 is 10.1 Å². The normalized spacial score (nSPS) is 24.2. The van der Waals surface area contributed by atoms with Crippen molar-refractivity contribution < 1.29 is 18.3 Å².